The molecular weight excluding hydrogens is 248 g/mol. The largest absolute Gasteiger partial charge is 0.376 e. The summed E-state index contributed by atoms with van der Waals surface area (Å²) in [6.45, 7) is 14.0. The molecule has 0 spiro atoms. The molecule has 1 aromatic rings. The molecule has 0 bridgehead atoms. The van der Waals surface area contributed by atoms with E-state index >= 15 is 0 Å². The fourth-order valence-corrected chi connectivity index (χ4v) is 1.89. The maximum atomic E-state index is 12.2. The standard InChI is InChI=1S/C18H28O2/c1-17(2,3)11-16(19)15-9-7-8-14(10-15)12-20-13-18(4,5)6/h7-10H,11-13H2,1-6H3. The van der Waals surface area contributed by atoms with Crippen molar-refractivity contribution >= 4 is 5.78 Å². The lowest BCUT2D eigenvalue weighted by molar-refractivity contribution is 0.0598. The average Bonchev–Trinajstić information content (AvgIpc) is 2.25. The topological polar surface area (TPSA) is 26.3 Å². The van der Waals surface area contributed by atoms with Gasteiger partial charge >= 0.3 is 0 Å². The van der Waals surface area contributed by atoms with Crippen LogP contribution in [0.1, 0.15) is 63.9 Å². The first-order valence-electron chi connectivity index (χ1n) is 7.27. The minimum atomic E-state index is 0.0236. The van der Waals surface area contributed by atoms with Gasteiger partial charge in [0.1, 0.15) is 0 Å². The van der Waals surface area contributed by atoms with E-state index in [2.05, 4.69) is 41.5 Å². The second kappa shape index (κ2) is 6.53. The number of carbonyl (C=O) groups excluding carboxylic acids is 1. The van der Waals surface area contributed by atoms with Gasteiger partial charge in [0.15, 0.2) is 5.78 Å². The van der Waals surface area contributed by atoms with Gasteiger partial charge in [-0.2, -0.15) is 0 Å². The monoisotopic (exact) mass is 276 g/mol. The Morgan fingerprint density at radius 3 is 2.25 bits per heavy atom. The van der Waals surface area contributed by atoms with Crippen molar-refractivity contribution in [3.8, 4) is 0 Å². The molecule has 0 radical (unpaired) electrons. The summed E-state index contributed by atoms with van der Waals surface area (Å²) in [7, 11) is 0. The van der Waals surface area contributed by atoms with E-state index in [1.165, 1.54) is 0 Å². The van der Waals surface area contributed by atoms with E-state index in [1.807, 2.05) is 24.3 Å². The van der Waals surface area contributed by atoms with Crippen LogP contribution in [0.25, 0.3) is 0 Å². The molecule has 112 valence electrons. The van der Waals surface area contributed by atoms with Crippen LogP contribution >= 0.6 is 0 Å². The predicted octanol–water partition coefficient (Wildman–Crippen LogP) is 4.87. The molecule has 0 aliphatic carbocycles. The van der Waals surface area contributed by atoms with Crippen LogP contribution in [0.2, 0.25) is 0 Å². The molecule has 0 N–H and O–H groups in total. The molecule has 0 fully saturated rings. The molecule has 0 aromatic heterocycles. The Labute approximate surface area is 123 Å². The first kappa shape index (κ1) is 16.9. The fourth-order valence-electron chi connectivity index (χ4n) is 1.89. The Balaban J connectivity index is 2.64. The van der Waals surface area contributed by atoms with Crippen LogP contribution in [0.4, 0.5) is 0 Å². The van der Waals surface area contributed by atoms with Crippen molar-refractivity contribution in [2.45, 2.75) is 54.6 Å². The van der Waals surface area contributed by atoms with Crippen molar-refractivity contribution in [1.82, 2.24) is 0 Å². The first-order chi connectivity index (χ1) is 9.07. The van der Waals surface area contributed by atoms with Gasteiger partial charge in [0.05, 0.1) is 13.2 Å². The number of hydrogen-bond acceptors (Lipinski definition) is 2. The molecule has 20 heavy (non-hydrogen) atoms. The summed E-state index contributed by atoms with van der Waals surface area (Å²) in [6.07, 6.45) is 0.569. The second-order valence-corrected chi connectivity index (χ2v) is 7.91. The van der Waals surface area contributed by atoms with E-state index in [0.29, 0.717) is 19.6 Å². The Kier molecular flexibility index (Phi) is 5.52. The number of Topliss-reactive ketones (excluding diaryl/α,β-unsaturated/α-hetero) is 1. The Bertz CT molecular complexity index is 447. The lowest BCUT2D eigenvalue weighted by Crippen LogP contribution is -2.15. The first-order valence-corrected chi connectivity index (χ1v) is 7.27. The smallest absolute Gasteiger partial charge is 0.163 e. The highest BCUT2D eigenvalue weighted by Gasteiger charge is 2.17. The number of ether oxygens (including phenoxy) is 1. The van der Waals surface area contributed by atoms with Crippen LogP contribution in [0, 0.1) is 10.8 Å². The molecule has 0 amide bonds. The van der Waals surface area contributed by atoms with Gasteiger partial charge in [0.25, 0.3) is 0 Å². The molecule has 1 aromatic carbocycles. The Hall–Kier alpha value is -1.15. The Morgan fingerprint density at radius 2 is 1.70 bits per heavy atom. The quantitative estimate of drug-likeness (QED) is 0.717. The highest BCUT2D eigenvalue weighted by Crippen LogP contribution is 2.22. The highest BCUT2D eigenvalue weighted by molar-refractivity contribution is 5.96. The lowest BCUT2D eigenvalue weighted by Gasteiger charge is -2.18. The molecule has 0 aliphatic rings. The highest BCUT2D eigenvalue weighted by atomic mass is 16.5. The predicted molar refractivity (Wildman–Crippen MR) is 84.0 cm³/mol. The summed E-state index contributed by atoms with van der Waals surface area (Å²) in [5.74, 6) is 0.204. The zero-order valence-electron chi connectivity index (χ0n) is 13.7. The van der Waals surface area contributed by atoms with E-state index < -0.39 is 0 Å². The minimum absolute atomic E-state index is 0.0236. The van der Waals surface area contributed by atoms with E-state index in [-0.39, 0.29) is 16.6 Å². The van der Waals surface area contributed by atoms with Crippen LogP contribution in [0.3, 0.4) is 0 Å². The SMILES string of the molecule is CC(C)(C)COCc1cccc(C(=O)CC(C)(C)C)c1. The van der Waals surface area contributed by atoms with Crippen LogP contribution < -0.4 is 0 Å². The summed E-state index contributed by atoms with van der Waals surface area (Å²) >= 11 is 0. The number of benzene rings is 1. The maximum Gasteiger partial charge on any atom is 0.163 e. The Morgan fingerprint density at radius 1 is 1.05 bits per heavy atom. The number of rotatable bonds is 5. The van der Waals surface area contributed by atoms with Gasteiger partial charge < -0.3 is 4.74 Å². The number of hydrogen-bond donors (Lipinski definition) is 0. The lowest BCUT2D eigenvalue weighted by atomic mass is 9.87. The molecule has 0 saturated heterocycles. The molecule has 2 heteroatoms. The molecule has 0 unspecified atom stereocenters. The van der Waals surface area contributed by atoms with Gasteiger partial charge in [-0.3, -0.25) is 4.79 Å². The number of carbonyl (C=O) groups is 1. The van der Waals surface area contributed by atoms with Gasteiger partial charge in [0.2, 0.25) is 0 Å². The van der Waals surface area contributed by atoms with Crippen LogP contribution in [-0.4, -0.2) is 12.4 Å². The molecule has 2 nitrogen and oxygen atoms in total. The summed E-state index contributed by atoms with van der Waals surface area (Å²) in [5, 5.41) is 0. The van der Waals surface area contributed by atoms with Crippen molar-refractivity contribution < 1.29 is 9.53 Å². The normalized spacial score (nSPS) is 12.5. The van der Waals surface area contributed by atoms with Crippen molar-refractivity contribution in [1.29, 1.82) is 0 Å². The third-order valence-electron chi connectivity index (χ3n) is 2.74. The van der Waals surface area contributed by atoms with E-state index in [4.69, 9.17) is 4.74 Å². The van der Waals surface area contributed by atoms with Crippen molar-refractivity contribution in [2.75, 3.05) is 6.61 Å². The zero-order chi connectivity index (χ0) is 15.4. The molecule has 0 atom stereocenters. The van der Waals surface area contributed by atoms with Gasteiger partial charge in [-0.1, -0.05) is 59.7 Å². The third kappa shape index (κ3) is 6.85. The maximum absolute atomic E-state index is 12.2. The van der Waals surface area contributed by atoms with Gasteiger partial charge in [-0.05, 0) is 22.5 Å². The number of ketones is 1. The fraction of sp³-hybridized carbons (Fsp3) is 0.611. The molecular formula is C18H28O2. The summed E-state index contributed by atoms with van der Waals surface area (Å²) in [5.41, 5.74) is 2.04. The van der Waals surface area contributed by atoms with E-state index in [9.17, 15) is 4.79 Å². The van der Waals surface area contributed by atoms with Gasteiger partial charge in [-0.15, -0.1) is 0 Å². The molecule has 0 saturated carbocycles. The van der Waals surface area contributed by atoms with Crippen LogP contribution in [0.5, 0.6) is 0 Å². The van der Waals surface area contributed by atoms with E-state index in [1.54, 1.807) is 0 Å². The molecule has 0 aliphatic heterocycles. The van der Waals surface area contributed by atoms with Crippen molar-refractivity contribution in [2.24, 2.45) is 10.8 Å². The summed E-state index contributed by atoms with van der Waals surface area (Å²) in [4.78, 5) is 12.2. The van der Waals surface area contributed by atoms with Crippen molar-refractivity contribution in [3.05, 3.63) is 35.4 Å². The average molecular weight is 276 g/mol. The third-order valence-corrected chi connectivity index (χ3v) is 2.74. The molecule has 0 heterocycles. The van der Waals surface area contributed by atoms with Crippen LogP contribution in [-0.2, 0) is 11.3 Å². The summed E-state index contributed by atoms with van der Waals surface area (Å²) < 4.78 is 5.71. The van der Waals surface area contributed by atoms with Gasteiger partial charge in [0, 0.05) is 12.0 Å². The van der Waals surface area contributed by atoms with Crippen LogP contribution in [0.15, 0.2) is 24.3 Å². The van der Waals surface area contributed by atoms with Gasteiger partial charge in [-0.25, -0.2) is 0 Å². The zero-order valence-corrected chi connectivity index (χ0v) is 13.7. The summed E-state index contributed by atoms with van der Waals surface area (Å²) in [6, 6.07) is 7.79. The second-order valence-electron chi connectivity index (χ2n) is 7.91. The molecule has 1 rings (SSSR count). The van der Waals surface area contributed by atoms with E-state index in [0.717, 1.165) is 11.1 Å². The van der Waals surface area contributed by atoms with Crippen molar-refractivity contribution in [3.63, 3.8) is 0 Å². The minimum Gasteiger partial charge on any atom is -0.376 e.